The molecule has 0 aliphatic heterocycles. The van der Waals surface area contributed by atoms with Gasteiger partial charge in [0.25, 0.3) is 0 Å². The molecule has 0 saturated carbocycles. The van der Waals surface area contributed by atoms with Crippen molar-refractivity contribution in [3.8, 4) is 0 Å². The first-order valence-corrected chi connectivity index (χ1v) is 15.9. The Morgan fingerprint density at radius 1 is 0.925 bits per heavy atom. The Bertz CT molecular complexity index is 1430. The van der Waals surface area contributed by atoms with Gasteiger partial charge in [-0.05, 0) is 62.7 Å². The SMILES string of the molecule is CC(C)(C)NC(=O)C(Cc1ccccc1)N(Cc1c(Cl)cccc1Cl)C(=O)CN(c1ccc(Br)cc1)S(C)(=O)=O. The number of hydrogen-bond donors (Lipinski definition) is 1. The molecule has 1 atom stereocenters. The lowest BCUT2D eigenvalue weighted by atomic mass is 10.0. The van der Waals surface area contributed by atoms with Crippen molar-refractivity contribution in [1.82, 2.24) is 10.2 Å². The average Bonchev–Trinajstić information content (AvgIpc) is 2.85. The lowest BCUT2D eigenvalue weighted by Gasteiger charge is -2.35. The normalized spacial score (nSPS) is 12.5. The van der Waals surface area contributed by atoms with Gasteiger partial charge in [-0.3, -0.25) is 13.9 Å². The first-order chi connectivity index (χ1) is 18.7. The van der Waals surface area contributed by atoms with Crippen LogP contribution in [-0.2, 0) is 32.6 Å². The summed E-state index contributed by atoms with van der Waals surface area (Å²) in [5.74, 6) is -0.975. The Hall–Kier alpha value is -2.59. The summed E-state index contributed by atoms with van der Waals surface area (Å²) in [7, 11) is -3.86. The molecule has 2 amide bonds. The van der Waals surface area contributed by atoms with Crippen molar-refractivity contribution in [2.75, 3.05) is 17.1 Å². The molecule has 0 radical (unpaired) electrons. The van der Waals surface area contributed by atoms with E-state index < -0.39 is 34.1 Å². The summed E-state index contributed by atoms with van der Waals surface area (Å²) in [5, 5.41) is 3.63. The van der Waals surface area contributed by atoms with Crippen LogP contribution in [-0.4, -0.2) is 49.5 Å². The second-order valence-corrected chi connectivity index (χ2v) is 14.0. The zero-order chi connectivity index (χ0) is 29.7. The number of sulfonamides is 1. The molecule has 0 spiro atoms. The van der Waals surface area contributed by atoms with E-state index in [0.29, 0.717) is 21.3 Å². The second kappa shape index (κ2) is 13.4. The molecule has 0 aromatic heterocycles. The summed E-state index contributed by atoms with van der Waals surface area (Å²) in [4.78, 5) is 29.2. The summed E-state index contributed by atoms with van der Waals surface area (Å²) in [6.45, 7) is 4.91. The van der Waals surface area contributed by atoms with E-state index in [9.17, 15) is 18.0 Å². The van der Waals surface area contributed by atoms with Gasteiger partial charge in [0.2, 0.25) is 21.8 Å². The van der Waals surface area contributed by atoms with Gasteiger partial charge in [0.05, 0.1) is 11.9 Å². The molecular formula is C29H32BrCl2N3O4S. The van der Waals surface area contributed by atoms with E-state index in [1.807, 2.05) is 51.1 Å². The Morgan fingerprint density at radius 2 is 1.50 bits per heavy atom. The third-order valence-electron chi connectivity index (χ3n) is 5.95. The summed E-state index contributed by atoms with van der Waals surface area (Å²) in [6.07, 6.45) is 1.22. The van der Waals surface area contributed by atoms with Crippen molar-refractivity contribution >= 4 is 66.7 Å². The molecule has 3 aromatic rings. The molecule has 1 N–H and O–H groups in total. The molecule has 0 heterocycles. The summed E-state index contributed by atoms with van der Waals surface area (Å²) in [6, 6.07) is 19.9. The minimum Gasteiger partial charge on any atom is -0.350 e. The molecule has 0 bridgehead atoms. The van der Waals surface area contributed by atoms with Gasteiger partial charge in [0.15, 0.2) is 0 Å². The fraction of sp³-hybridized carbons (Fsp3) is 0.310. The molecular weight excluding hydrogens is 637 g/mol. The van der Waals surface area contributed by atoms with E-state index in [1.54, 1.807) is 42.5 Å². The standard InChI is InChI=1S/C29H32BrCl2N3O4S/c1-29(2,3)33-28(37)26(17-20-9-6-5-7-10-20)34(18-23-24(31)11-8-12-25(23)32)27(36)19-35(40(4,38)39)22-15-13-21(30)14-16-22/h5-16,26H,17-19H2,1-4H3,(H,33,37). The van der Waals surface area contributed by atoms with Crippen molar-refractivity contribution in [1.29, 1.82) is 0 Å². The van der Waals surface area contributed by atoms with Crippen LogP contribution in [0, 0.1) is 0 Å². The molecule has 214 valence electrons. The topological polar surface area (TPSA) is 86.8 Å². The zero-order valence-electron chi connectivity index (χ0n) is 22.7. The third-order valence-corrected chi connectivity index (χ3v) is 8.33. The largest absolute Gasteiger partial charge is 0.350 e. The first-order valence-electron chi connectivity index (χ1n) is 12.5. The number of nitrogens with zero attached hydrogens (tertiary/aromatic N) is 2. The van der Waals surface area contributed by atoms with Crippen LogP contribution in [0.4, 0.5) is 5.69 Å². The van der Waals surface area contributed by atoms with Crippen LogP contribution in [0.3, 0.4) is 0 Å². The number of rotatable bonds is 10. The van der Waals surface area contributed by atoms with Gasteiger partial charge in [-0.15, -0.1) is 0 Å². The molecule has 0 aliphatic rings. The smallest absolute Gasteiger partial charge is 0.244 e. The van der Waals surface area contributed by atoms with Crippen LogP contribution in [0.1, 0.15) is 31.9 Å². The number of halogens is 3. The summed E-state index contributed by atoms with van der Waals surface area (Å²) in [5.41, 5.74) is 1.01. The lowest BCUT2D eigenvalue weighted by molar-refractivity contribution is -0.140. The van der Waals surface area contributed by atoms with Gasteiger partial charge in [0.1, 0.15) is 12.6 Å². The number of hydrogen-bond acceptors (Lipinski definition) is 4. The third kappa shape index (κ3) is 8.96. The maximum Gasteiger partial charge on any atom is 0.244 e. The number of amides is 2. The van der Waals surface area contributed by atoms with E-state index in [0.717, 1.165) is 20.6 Å². The van der Waals surface area contributed by atoms with Gasteiger partial charge in [-0.1, -0.05) is 75.5 Å². The molecule has 3 rings (SSSR count). The highest BCUT2D eigenvalue weighted by molar-refractivity contribution is 9.10. The van der Waals surface area contributed by atoms with Gasteiger partial charge in [-0.2, -0.15) is 0 Å². The van der Waals surface area contributed by atoms with Crippen molar-refractivity contribution in [2.45, 2.75) is 45.3 Å². The molecule has 7 nitrogen and oxygen atoms in total. The van der Waals surface area contributed by atoms with E-state index in [1.165, 1.54) is 4.90 Å². The maximum absolute atomic E-state index is 14.1. The number of benzene rings is 3. The second-order valence-electron chi connectivity index (χ2n) is 10.4. The van der Waals surface area contributed by atoms with Gasteiger partial charge in [0, 0.05) is 38.6 Å². The number of carbonyl (C=O) groups excluding carboxylic acids is 2. The van der Waals surface area contributed by atoms with Gasteiger partial charge < -0.3 is 10.2 Å². The number of nitrogens with one attached hydrogen (secondary N) is 1. The Kier molecular flexibility index (Phi) is 10.7. The predicted octanol–water partition coefficient (Wildman–Crippen LogP) is 6.08. The van der Waals surface area contributed by atoms with Crippen molar-refractivity contribution in [3.63, 3.8) is 0 Å². The van der Waals surface area contributed by atoms with Crippen LogP contribution < -0.4 is 9.62 Å². The lowest BCUT2D eigenvalue weighted by Crippen LogP contribution is -2.56. The Labute approximate surface area is 254 Å². The van der Waals surface area contributed by atoms with Crippen molar-refractivity contribution in [2.24, 2.45) is 0 Å². The van der Waals surface area contributed by atoms with Crippen LogP contribution in [0.25, 0.3) is 0 Å². The molecule has 40 heavy (non-hydrogen) atoms. The van der Waals surface area contributed by atoms with E-state index in [2.05, 4.69) is 21.2 Å². The highest BCUT2D eigenvalue weighted by atomic mass is 79.9. The fourth-order valence-corrected chi connectivity index (χ4v) is 5.71. The summed E-state index contributed by atoms with van der Waals surface area (Å²) >= 11 is 16.3. The fourth-order valence-electron chi connectivity index (χ4n) is 4.08. The van der Waals surface area contributed by atoms with Crippen molar-refractivity contribution in [3.05, 3.63) is 98.4 Å². The average molecular weight is 669 g/mol. The maximum atomic E-state index is 14.1. The van der Waals surface area contributed by atoms with E-state index in [-0.39, 0.29) is 18.9 Å². The zero-order valence-corrected chi connectivity index (χ0v) is 26.6. The van der Waals surface area contributed by atoms with Crippen LogP contribution in [0.5, 0.6) is 0 Å². The van der Waals surface area contributed by atoms with E-state index in [4.69, 9.17) is 23.2 Å². The minimum atomic E-state index is -3.86. The minimum absolute atomic E-state index is 0.107. The Morgan fingerprint density at radius 3 is 2.02 bits per heavy atom. The molecule has 1 unspecified atom stereocenters. The summed E-state index contributed by atoms with van der Waals surface area (Å²) < 4.78 is 27.5. The van der Waals surface area contributed by atoms with Crippen LogP contribution in [0.2, 0.25) is 10.0 Å². The highest BCUT2D eigenvalue weighted by Gasteiger charge is 2.35. The number of anilines is 1. The predicted molar refractivity (Wildman–Crippen MR) is 165 cm³/mol. The molecule has 0 aliphatic carbocycles. The van der Waals surface area contributed by atoms with Gasteiger partial charge >= 0.3 is 0 Å². The Balaban J connectivity index is 2.11. The highest BCUT2D eigenvalue weighted by Crippen LogP contribution is 2.28. The van der Waals surface area contributed by atoms with Crippen LogP contribution >= 0.6 is 39.1 Å². The van der Waals surface area contributed by atoms with Gasteiger partial charge in [-0.25, -0.2) is 8.42 Å². The van der Waals surface area contributed by atoms with Crippen molar-refractivity contribution < 1.29 is 18.0 Å². The first kappa shape index (κ1) is 31.9. The van der Waals surface area contributed by atoms with Crippen LogP contribution in [0.15, 0.2) is 77.3 Å². The molecule has 3 aromatic carbocycles. The molecule has 0 saturated heterocycles. The molecule has 11 heteroatoms. The number of carbonyl (C=O) groups is 2. The molecule has 0 fully saturated rings. The quantitative estimate of drug-likeness (QED) is 0.284. The monoisotopic (exact) mass is 667 g/mol. The van der Waals surface area contributed by atoms with E-state index >= 15 is 0 Å².